The molecule has 0 spiro atoms. The number of nitrogens with two attached hydrogens (primary N) is 1. The van der Waals surface area contributed by atoms with Gasteiger partial charge in [-0.2, -0.15) is 15.0 Å². The predicted molar refractivity (Wildman–Crippen MR) is 98.3 cm³/mol. The molecule has 3 rings (SSSR count). The minimum absolute atomic E-state index is 0.0514. The number of nitrogens with zero attached hydrogens (tertiary/aromatic N) is 4. The first-order valence-corrected chi connectivity index (χ1v) is 10.1. The number of hydrogen-bond acceptors (Lipinski definition) is 7. The Kier molecular flexibility index (Phi) is 5.01. The minimum Gasteiger partial charge on any atom is -0.368 e. The molecule has 1 saturated heterocycles. The summed E-state index contributed by atoms with van der Waals surface area (Å²) in [4.78, 5) is 14.6. The monoisotopic (exact) mass is 402 g/mol. The molecule has 1 fully saturated rings. The molecule has 1 aliphatic rings. The minimum atomic E-state index is -3.27. The highest BCUT2D eigenvalue weighted by Gasteiger charge is 2.27. The Morgan fingerprint density at radius 2 is 2.04 bits per heavy atom. The quantitative estimate of drug-likeness (QED) is 0.796. The maximum absolute atomic E-state index is 11.4. The van der Waals surface area contributed by atoms with E-state index in [1.807, 2.05) is 4.90 Å². The lowest BCUT2D eigenvalue weighted by molar-refractivity contribution is 0.567. The zero-order chi connectivity index (χ0) is 18.2. The van der Waals surface area contributed by atoms with Gasteiger partial charge in [-0.1, -0.05) is 23.2 Å². The van der Waals surface area contributed by atoms with Crippen molar-refractivity contribution in [2.75, 3.05) is 30.0 Å². The summed E-state index contributed by atoms with van der Waals surface area (Å²) >= 11 is 12.2. The molecule has 0 aliphatic carbocycles. The molecule has 1 aromatic heterocycles. The maximum atomic E-state index is 11.4. The van der Waals surface area contributed by atoms with E-state index in [9.17, 15) is 8.42 Å². The van der Waals surface area contributed by atoms with Crippen LogP contribution in [-0.4, -0.2) is 48.8 Å². The second-order valence-electron chi connectivity index (χ2n) is 5.76. The van der Waals surface area contributed by atoms with E-state index in [4.69, 9.17) is 28.9 Å². The van der Waals surface area contributed by atoms with Crippen LogP contribution in [0.25, 0.3) is 11.4 Å². The lowest BCUT2D eigenvalue weighted by atomic mass is 10.2. The third kappa shape index (κ3) is 4.49. The lowest BCUT2D eigenvalue weighted by Gasteiger charge is -2.17. The molecule has 11 heteroatoms. The van der Waals surface area contributed by atoms with E-state index in [1.165, 1.54) is 0 Å². The van der Waals surface area contributed by atoms with E-state index in [2.05, 4.69) is 19.7 Å². The van der Waals surface area contributed by atoms with Crippen LogP contribution in [-0.2, 0) is 10.0 Å². The molecule has 1 aromatic carbocycles. The molecule has 3 N–H and O–H groups in total. The molecule has 0 saturated carbocycles. The summed E-state index contributed by atoms with van der Waals surface area (Å²) in [6.07, 6.45) is 1.78. The SMILES string of the molecule is CS(=O)(=O)NC1CCN(c2nc(N)nc(-c3cc(Cl)ccc3Cl)n2)C1. The van der Waals surface area contributed by atoms with Crippen LogP contribution in [0.5, 0.6) is 0 Å². The average Bonchev–Trinajstić information content (AvgIpc) is 2.95. The molecule has 2 aromatic rings. The Bertz CT molecular complexity index is 908. The van der Waals surface area contributed by atoms with Gasteiger partial charge in [0.25, 0.3) is 0 Å². The van der Waals surface area contributed by atoms with Crippen LogP contribution in [0.2, 0.25) is 10.0 Å². The normalized spacial score (nSPS) is 17.9. The number of benzene rings is 1. The summed E-state index contributed by atoms with van der Waals surface area (Å²) in [5, 5.41) is 0.942. The summed E-state index contributed by atoms with van der Waals surface area (Å²) in [5.41, 5.74) is 6.36. The van der Waals surface area contributed by atoms with Crippen LogP contribution in [0.1, 0.15) is 6.42 Å². The Morgan fingerprint density at radius 1 is 1.28 bits per heavy atom. The van der Waals surface area contributed by atoms with Gasteiger partial charge < -0.3 is 10.6 Å². The number of halogens is 2. The third-order valence-electron chi connectivity index (χ3n) is 3.66. The van der Waals surface area contributed by atoms with Gasteiger partial charge in [-0.05, 0) is 24.6 Å². The zero-order valence-corrected chi connectivity index (χ0v) is 15.6. The van der Waals surface area contributed by atoms with E-state index >= 15 is 0 Å². The first-order valence-electron chi connectivity index (χ1n) is 7.40. The van der Waals surface area contributed by atoms with Gasteiger partial charge in [-0.25, -0.2) is 13.1 Å². The van der Waals surface area contributed by atoms with Crippen molar-refractivity contribution in [3.8, 4) is 11.4 Å². The number of nitrogens with one attached hydrogen (secondary N) is 1. The van der Waals surface area contributed by atoms with Crippen molar-refractivity contribution in [3.05, 3.63) is 28.2 Å². The molecular formula is C14H16Cl2N6O2S. The molecule has 1 unspecified atom stereocenters. The van der Waals surface area contributed by atoms with Crippen molar-refractivity contribution in [1.82, 2.24) is 19.7 Å². The summed E-state index contributed by atoms with van der Waals surface area (Å²) < 4.78 is 25.3. The first kappa shape index (κ1) is 18.1. The van der Waals surface area contributed by atoms with Crippen LogP contribution >= 0.6 is 23.2 Å². The second-order valence-corrected chi connectivity index (χ2v) is 8.39. The van der Waals surface area contributed by atoms with Gasteiger partial charge in [-0.3, -0.25) is 0 Å². The highest BCUT2D eigenvalue weighted by molar-refractivity contribution is 7.88. The van der Waals surface area contributed by atoms with Gasteiger partial charge in [0.15, 0.2) is 5.82 Å². The molecule has 25 heavy (non-hydrogen) atoms. The Hall–Kier alpha value is -1.68. The van der Waals surface area contributed by atoms with Crippen LogP contribution in [0, 0.1) is 0 Å². The fourth-order valence-electron chi connectivity index (χ4n) is 2.65. The molecular weight excluding hydrogens is 387 g/mol. The van der Waals surface area contributed by atoms with Gasteiger partial charge in [0.05, 0.1) is 11.3 Å². The Morgan fingerprint density at radius 3 is 2.76 bits per heavy atom. The third-order valence-corrected chi connectivity index (χ3v) is 4.99. The number of sulfonamides is 1. The molecule has 1 aliphatic heterocycles. The van der Waals surface area contributed by atoms with Gasteiger partial charge >= 0.3 is 0 Å². The van der Waals surface area contributed by atoms with E-state index in [1.54, 1.807) is 18.2 Å². The number of aromatic nitrogens is 3. The first-order chi connectivity index (χ1) is 11.7. The van der Waals surface area contributed by atoms with Crippen molar-refractivity contribution >= 4 is 45.1 Å². The zero-order valence-electron chi connectivity index (χ0n) is 13.3. The smallest absolute Gasteiger partial charge is 0.230 e. The topological polar surface area (TPSA) is 114 Å². The van der Waals surface area contributed by atoms with Gasteiger partial charge in [-0.15, -0.1) is 0 Å². The summed E-state index contributed by atoms with van der Waals surface area (Å²) in [5.74, 6) is 0.737. The van der Waals surface area contributed by atoms with Gasteiger partial charge in [0.2, 0.25) is 21.9 Å². The van der Waals surface area contributed by atoms with Crippen LogP contribution in [0.15, 0.2) is 18.2 Å². The fraction of sp³-hybridized carbons (Fsp3) is 0.357. The lowest BCUT2D eigenvalue weighted by Crippen LogP contribution is -2.36. The number of hydrogen-bond donors (Lipinski definition) is 2. The van der Waals surface area contributed by atoms with Crippen molar-refractivity contribution in [1.29, 1.82) is 0 Å². The van der Waals surface area contributed by atoms with Crippen LogP contribution in [0.4, 0.5) is 11.9 Å². The van der Waals surface area contributed by atoms with E-state index in [0.717, 1.165) is 6.26 Å². The maximum Gasteiger partial charge on any atom is 0.230 e. The Balaban J connectivity index is 1.89. The van der Waals surface area contributed by atoms with E-state index in [0.29, 0.717) is 46.9 Å². The largest absolute Gasteiger partial charge is 0.368 e. The molecule has 2 heterocycles. The Labute approximate surface area is 155 Å². The van der Waals surface area contributed by atoms with Crippen LogP contribution < -0.4 is 15.4 Å². The van der Waals surface area contributed by atoms with Gasteiger partial charge in [0.1, 0.15) is 0 Å². The van der Waals surface area contributed by atoms with Crippen molar-refractivity contribution in [2.24, 2.45) is 0 Å². The number of anilines is 2. The fourth-order valence-corrected chi connectivity index (χ4v) is 3.82. The number of rotatable bonds is 4. The predicted octanol–water partition coefficient (Wildman–Crippen LogP) is 1.56. The summed E-state index contributed by atoms with van der Waals surface area (Å²) in [6, 6.07) is 4.77. The van der Waals surface area contributed by atoms with Crippen molar-refractivity contribution in [3.63, 3.8) is 0 Å². The average molecular weight is 403 g/mol. The molecule has 1 atom stereocenters. The summed E-state index contributed by atoms with van der Waals surface area (Å²) in [7, 11) is -3.27. The van der Waals surface area contributed by atoms with Crippen molar-refractivity contribution < 1.29 is 8.42 Å². The van der Waals surface area contributed by atoms with Crippen molar-refractivity contribution in [2.45, 2.75) is 12.5 Å². The van der Waals surface area contributed by atoms with E-state index in [-0.39, 0.29) is 12.0 Å². The van der Waals surface area contributed by atoms with Gasteiger partial charge in [0, 0.05) is 29.7 Å². The highest BCUT2D eigenvalue weighted by Crippen LogP contribution is 2.29. The van der Waals surface area contributed by atoms with Crippen LogP contribution in [0.3, 0.4) is 0 Å². The molecule has 0 amide bonds. The molecule has 8 nitrogen and oxygen atoms in total. The molecule has 0 radical (unpaired) electrons. The van der Waals surface area contributed by atoms with E-state index < -0.39 is 10.0 Å². The summed E-state index contributed by atoms with van der Waals surface area (Å²) in [6.45, 7) is 1.04. The second kappa shape index (κ2) is 6.91. The molecule has 0 bridgehead atoms. The standard InChI is InChI=1S/C14H16Cl2N6O2S/c1-25(23,24)21-9-4-5-22(7-9)14-19-12(18-13(17)20-14)10-6-8(15)2-3-11(10)16/h2-3,6,9,21H,4-5,7H2,1H3,(H2,17,18,19,20). The highest BCUT2D eigenvalue weighted by atomic mass is 35.5. The number of nitrogen functional groups attached to an aromatic ring is 1. The molecule has 134 valence electrons.